The van der Waals surface area contributed by atoms with E-state index >= 15 is 0 Å². The van der Waals surface area contributed by atoms with Crippen molar-refractivity contribution in [2.24, 2.45) is 10.7 Å². The van der Waals surface area contributed by atoms with Gasteiger partial charge in [0.05, 0.1) is 0 Å². The summed E-state index contributed by atoms with van der Waals surface area (Å²) in [7, 11) is 1.63. The lowest BCUT2D eigenvalue weighted by atomic mass is 9.82. The second-order valence-electron chi connectivity index (χ2n) is 6.27. The smallest absolute Gasteiger partial charge is 0.266 e. The van der Waals surface area contributed by atoms with Crippen LogP contribution >= 0.6 is 11.3 Å². The van der Waals surface area contributed by atoms with Gasteiger partial charge in [-0.05, 0) is 34.9 Å². The van der Waals surface area contributed by atoms with Crippen molar-refractivity contribution in [3.63, 3.8) is 0 Å². The number of benzene rings is 2. The molecule has 0 radical (unpaired) electrons. The maximum absolute atomic E-state index is 13.2. The monoisotopic (exact) mass is 372 g/mol. The molecule has 1 unspecified atom stereocenters. The molecule has 0 fully saturated rings. The van der Waals surface area contributed by atoms with Gasteiger partial charge in [0.1, 0.15) is 10.9 Å². The molecule has 1 amide bonds. The molecule has 1 aliphatic rings. The number of nitriles is 1. The Bertz CT molecular complexity index is 1100. The van der Waals surface area contributed by atoms with Gasteiger partial charge in [-0.2, -0.15) is 5.26 Å². The Morgan fingerprint density at radius 3 is 2.44 bits per heavy atom. The number of hydrogen-bond acceptors (Lipinski definition) is 5. The molecule has 0 saturated carbocycles. The van der Waals surface area contributed by atoms with Crippen LogP contribution in [0.2, 0.25) is 0 Å². The molecule has 1 aliphatic heterocycles. The fourth-order valence-corrected chi connectivity index (χ4v) is 4.11. The molecule has 2 heterocycles. The molecule has 1 aromatic heterocycles. The molecule has 0 spiro atoms. The number of amides is 1. The molecule has 4 rings (SSSR count). The van der Waals surface area contributed by atoms with Crippen molar-refractivity contribution in [2.75, 3.05) is 7.05 Å². The Hall–Kier alpha value is -3.43. The molecular formula is C21H16N4OS. The predicted molar refractivity (Wildman–Crippen MR) is 106 cm³/mol. The Balaban J connectivity index is 1.92. The highest BCUT2D eigenvalue weighted by Gasteiger charge is 2.49. The zero-order valence-electron chi connectivity index (χ0n) is 14.6. The summed E-state index contributed by atoms with van der Waals surface area (Å²) >= 11 is 1.42. The summed E-state index contributed by atoms with van der Waals surface area (Å²) in [5.74, 6) is 0.00406. The van der Waals surface area contributed by atoms with Crippen molar-refractivity contribution in [1.82, 2.24) is 4.90 Å². The molecule has 2 aromatic carbocycles. The predicted octanol–water partition coefficient (Wildman–Crippen LogP) is 3.32. The van der Waals surface area contributed by atoms with Crippen LogP contribution in [0.15, 0.2) is 71.7 Å². The number of hydrogen-bond donors (Lipinski definition) is 1. The molecule has 2 N–H and O–H groups in total. The van der Waals surface area contributed by atoms with Crippen LogP contribution in [0, 0.1) is 11.3 Å². The number of likely N-dealkylation sites (N-methyl/N-ethyl adjacent to an activating group) is 1. The fraction of sp³-hybridized carbons (Fsp3) is 0.0952. The first-order chi connectivity index (χ1) is 13.1. The highest BCUT2D eigenvalue weighted by Crippen LogP contribution is 2.41. The van der Waals surface area contributed by atoms with E-state index in [4.69, 9.17) is 11.0 Å². The van der Waals surface area contributed by atoms with Gasteiger partial charge in [0, 0.05) is 11.9 Å². The van der Waals surface area contributed by atoms with E-state index in [1.807, 2.05) is 60.7 Å². The van der Waals surface area contributed by atoms with Gasteiger partial charge in [-0.3, -0.25) is 9.69 Å². The number of nitrogens with zero attached hydrogens (tertiary/aromatic N) is 3. The van der Waals surface area contributed by atoms with E-state index in [2.05, 4.69) is 11.1 Å². The van der Waals surface area contributed by atoms with Gasteiger partial charge in [-0.15, -0.1) is 11.3 Å². The molecule has 0 saturated heterocycles. The SMILES string of the molecule is CN1C(=O)C(c2ccccc2)(c2cccc(-c3ccc(C#N)s3)c2)N=C1N. The number of guanidine groups is 1. The first kappa shape index (κ1) is 17.0. The molecule has 1 atom stereocenters. The van der Waals surface area contributed by atoms with Crippen LogP contribution in [0.25, 0.3) is 10.4 Å². The van der Waals surface area contributed by atoms with Crippen LogP contribution in [0.1, 0.15) is 16.0 Å². The number of nitrogens with two attached hydrogens (primary N) is 1. The van der Waals surface area contributed by atoms with Gasteiger partial charge in [-0.1, -0.05) is 48.5 Å². The minimum atomic E-state index is -1.20. The third-order valence-electron chi connectivity index (χ3n) is 4.71. The largest absolute Gasteiger partial charge is 0.369 e. The van der Waals surface area contributed by atoms with Crippen molar-refractivity contribution < 1.29 is 4.79 Å². The van der Waals surface area contributed by atoms with Gasteiger partial charge in [0.25, 0.3) is 5.91 Å². The number of rotatable bonds is 3. The van der Waals surface area contributed by atoms with Crippen molar-refractivity contribution in [3.8, 4) is 16.5 Å². The topological polar surface area (TPSA) is 82.5 Å². The van der Waals surface area contributed by atoms with E-state index in [0.29, 0.717) is 4.88 Å². The third-order valence-corrected chi connectivity index (χ3v) is 5.75. The van der Waals surface area contributed by atoms with Crippen molar-refractivity contribution in [2.45, 2.75) is 5.54 Å². The van der Waals surface area contributed by atoms with Crippen LogP contribution in [-0.4, -0.2) is 23.8 Å². The van der Waals surface area contributed by atoms with E-state index < -0.39 is 5.54 Å². The maximum atomic E-state index is 13.2. The van der Waals surface area contributed by atoms with Crippen LogP contribution in [0.5, 0.6) is 0 Å². The molecule has 5 nitrogen and oxygen atoms in total. The zero-order valence-corrected chi connectivity index (χ0v) is 15.4. The normalized spacial score (nSPS) is 19.0. The molecule has 3 aromatic rings. The first-order valence-corrected chi connectivity index (χ1v) is 9.18. The molecule has 0 bridgehead atoms. The van der Waals surface area contributed by atoms with Gasteiger partial charge in [0.2, 0.25) is 0 Å². The standard InChI is InChI=1S/C21H16N4OS/c1-25-19(26)21(24-20(25)23,15-7-3-2-4-8-15)16-9-5-6-14(12-16)18-11-10-17(13-22)27-18/h2-12H,1H3,(H2,23,24). The fourth-order valence-electron chi connectivity index (χ4n) is 3.31. The van der Waals surface area contributed by atoms with Gasteiger partial charge >= 0.3 is 0 Å². The summed E-state index contributed by atoms with van der Waals surface area (Å²) in [6.07, 6.45) is 0. The lowest BCUT2D eigenvalue weighted by Crippen LogP contribution is -2.41. The minimum absolute atomic E-state index is 0.188. The van der Waals surface area contributed by atoms with Gasteiger partial charge in [-0.25, -0.2) is 4.99 Å². The second kappa shape index (κ2) is 6.38. The van der Waals surface area contributed by atoms with E-state index in [1.54, 1.807) is 13.1 Å². The quantitative estimate of drug-likeness (QED) is 0.766. The summed E-state index contributed by atoms with van der Waals surface area (Å²) < 4.78 is 0. The minimum Gasteiger partial charge on any atom is -0.369 e. The Kier molecular flexibility index (Phi) is 4.02. The summed E-state index contributed by atoms with van der Waals surface area (Å²) in [6, 6.07) is 23.0. The molecule has 27 heavy (non-hydrogen) atoms. The van der Waals surface area contributed by atoms with Crippen molar-refractivity contribution in [3.05, 3.63) is 82.7 Å². The number of carbonyl (C=O) groups excluding carboxylic acids is 1. The van der Waals surface area contributed by atoms with Gasteiger partial charge < -0.3 is 5.73 Å². The molecule has 6 heteroatoms. The second-order valence-corrected chi connectivity index (χ2v) is 7.35. The zero-order chi connectivity index (χ0) is 19.0. The highest BCUT2D eigenvalue weighted by molar-refractivity contribution is 7.16. The molecule has 0 aliphatic carbocycles. The van der Waals surface area contributed by atoms with E-state index in [1.165, 1.54) is 16.2 Å². The summed E-state index contributed by atoms with van der Waals surface area (Å²) in [5, 5.41) is 9.09. The summed E-state index contributed by atoms with van der Waals surface area (Å²) in [6.45, 7) is 0. The lowest BCUT2D eigenvalue weighted by molar-refractivity contribution is -0.129. The summed E-state index contributed by atoms with van der Waals surface area (Å²) in [4.78, 5) is 20.8. The van der Waals surface area contributed by atoms with Crippen LogP contribution in [0.3, 0.4) is 0 Å². The average molecular weight is 372 g/mol. The third kappa shape index (κ3) is 2.60. The van der Waals surface area contributed by atoms with Crippen LogP contribution < -0.4 is 5.73 Å². The van der Waals surface area contributed by atoms with E-state index in [9.17, 15) is 4.79 Å². The Morgan fingerprint density at radius 2 is 1.81 bits per heavy atom. The average Bonchev–Trinajstić information content (AvgIpc) is 3.28. The molecular weight excluding hydrogens is 356 g/mol. The number of thiophene rings is 1. The van der Waals surface area contributed by atoms with Crippen LogP contribution in [-0.2, 0) is 10.3 Å². The Labute approximate surface area is 161 Å². The lowest BCUT2D eigenvalue weighted by Gasteiger charge is -2.26. The highest BCUT2D eigenvalue weighted by atomic mass is 32.1. The number of carbonyl (C=O) groups is 1. The van der Waals surface area contributed by atoms with Crippen molar-refractivity contribution in [1.29, 1.82) is 5.26 Å². The van der Waals surface area contributed by atoms with Gasteiger partial charge in [0.15, 0.2) is 11.5 Å². The van der Waals surface area contributed by atoms with Crippen LogP contribution in [0.4, 0.5) is 0 Å². The maximum Gasteiger partial charge on any atom is 0.266 e. The Morgan fingerprint density at radius 1 is 1.07 bits per heavy atom. The first-order valence-electron chi connectivity index (χ1n) is 8.36. The van der Waals surface area contributed by atoms with Crippen molar-refractivity contribution >= 4 is 23.2 Å². The number of aliphatic imine (C=N–C) groups is 1. The molecule has 132 valence electrons. The van der Waals surface area contributed by atoms with E-state index in [-0.39, 0.29) is 11.9 Å². The van der Waals surface area contributed by atoms with E-state index in [0.717, 1.165) is 21.6 Å². The summed E-state index contributed by atoms with van der Waals surface area (Å²) in [5.41, 5.74) is 7.26.